The van der Waals surface area contributed by atoms with E-state index in [0.29, 0.717) is 18.0 Å². The molecule has 0 aliphatic rings. The van der Waals surface area contributed by atoms with Crippen LogP contribution < -0.4 is 19.5 Å². The van der Waals surface area contributed by atoms with Gasteiger partial charge in [-0.3, -0.25) is 4.72 Å². The lowest BCUT2D eigenvalue weighted by atomic mass is 10.3. The number of hydrogen-bond acceptors (Lipinski definition) is 8. The van der Waals surface area contributed by atoms with Gasteiger partial charge in [0.15, 0.2) is 0 Å². The van der Waals surface area contributed by atoms with Gasteiger partial charge in [-0.2, -0.15) is 13.1 Å². The molecule has 0 bridgehead atoms. The van der Waals surface area contributed by atoms with Crippen LogP contribution in [0.1, 0.15) is 0 Å². The number of phenolic OH excluding ortho intramolecular Hbond substituents is 1. The van der Waals surface area contributed by atoms with Gasteiger partial charge in [0, 0.05) is 25.3 Å². The highest BCUT2D eigenvalue weighted by Crippen LogP contribution is 2.15. The van der Waals surface area contributed by atoms with Crippen LogP contribution >= 0.6 is 0 Å². The predicted octanol–water partition coefficient (Wildman–Crippen LogP) is -0.176. The molecular formula is C19H25N3O9S. The SMILES string of the molecule is O=C(O)C(=O)O.O=S(=O)(NCCNCC(O)COc1ccc(O)cc1)Nc1ccccc1. The van der Waals surface area contributed by atoms with Gasteiger partial charge in [-0.25, -0.2) is 9.59 Å². The van der Waals surface area contributed by atoms with Crippen LogP contribution in [0, 0.1) is 0 Å². The van der Waals surface area contributed by atoms with Crippen molar-refractivity contribution >= 4 is 27.8 Å². The van der Waals surface area contributed by atoms with E-state index < -0.39 is 28.3 Å². The standard InChI is InChI=1S/C17H23N3O5S.C2H2O4/c21-15-6-8-17(9-7-15)25-13-16(22)12-18-10-11-19-26(23,24)20-14-4-2-1-3-5-14;3-1(4)2(5)6/h1-9,16,18-22H,10-13H2;(H,3,4)(H,5,6). The summed E-state index contributed by atoms with van der Waals surface area (Å²) in [6, 6.07) is 14.8. The lowest BCUT2D eigenvalue weighted by Gasteiger charge is -2.14. The summed E-state index contributed by atoms with van der Waals surface area (Å²) in [5.74, 6) is -2.96. The van der Waals surface area contributed by atoms with Crippen LogP contribution in [0.2, 0.25) is 0 Å². The van der Waals surface area contributed by atoms with Crippen LogP contribution in [0.5, 0.6) is 11.5 Å². The molecule has 0 aliphatic heterocycles. The van der Waals surface area contributed by atoms with Crippen LogP contribution in [-0.4, -0.2) is 73.1 Å². The Morgan fingerprint density at radius 3 is 2.09 bits per heavy atom. The smallest absolute Gasteiger partial charge is 0.414 e. The lowest BCUT2D eigenvalue weighted by molar-refractivity contribution is -0.159. The summed E-state index contributed by atoms with van der Waals surface area (Å²) >= 11 is 0. The van der Waals surface area contributed by atoms with E-state index >= 15 is 0 Å². The van der Waals surface area contributed by atoms with E-state index in [4.69, 9.17) is 24.5 Å². The number of hydrogen-bond donors (Lipinski definition) is 7. The topological polar surface area (TPSA) is 195 Å². The van der Waals surface area contributed by atoms with E-state index in [9.17, 15) is 18.6 Å². The van der Waals surface area contributed by atoms with Crippen LogP contribution in [0.3, 0.4) is 0 Å². The zero-order valence-electron chi connectivity index (χ0n) is 16.8. The fourth-order valence-electron chi connectivity index (χ4n) is 2.03. The zero-order valence-corrected chi connectivity index (χ0v) is 17.7. The number of anilines is 1. The molecule has 0 spiro atoms. The highest BCUT2D eigenvalue weighted by atomic mass is 32.2. The van der Waals surface area contributed by atoms with Gasteiger partial charge >= 0.3 is 11.9 Å². The van der Waals surface area contributed by atoms with Crippen molar-refractivity contribution in [1.82, 2.24) is 10.0 Å². The minimum absolute atomic E-state index is 0.0824. The zero-order chi connectivity index (χ0) is 24.0. The Kier molecular flexibility index (Phi) is 11.5. The third kappa shape index (κ3) is 12.3. The minimum Gasteiger partial charge on any atom is -0.508 e. The number of aliphatic carboxylic acids is 2. The number of carboxylic acids is 2. The van der Waals surface area contributed by atoms with Gasteiger partial charge in [0.2, 0.25) is 0 Å². The molecule has 2 rings (SSSR count). The molecule has 2 aromatic rings. The summed E-state index contributed by atoms with van der Waals surface area (Å²) < 4.78 is 33.9. The Balaban J connectivity index is 0.000000751. The molecule has 0 saturated heterocycles. The van der Waals surface area contributed by atoms with Crippen molar-refractivity contribution in [3.05, 3.63) is 54.6 Å². The first-order valence-corrected chi connectivity index (χ1v) is 10.7. The Bertz CT molecular complexity index is 926. The van der Waals surface area contributed by atoms with Crippen molar-refractivity contribution in [3.63, 3.8) is 0 Å². The first kappa shape index (κ1) is 26.6. The van der Waals surface area contributed by atoms with Crippen molar-refractivity contribution in [2.45, 2.75) is 6.10 Å². The highest BCUT2D eigenvalue weighted by molar-refractivity contribution is 7.90. The second-order valence-corrected chi connectivity index (χ2v) is 7.64. The molecule has 0 aliphatic carbocycles. The molecule has 0 radical (unpaired) electrons. The van der Waals surface area contributed by atoms with E-state index in [-0.39, 0.29) is 25.4 Å². The molecule has 1 unspecified atom stereocenters. The monoisotopic (exact) mass is 471 g/mol. The number of rotatable bonds is 11. The van der Waals surface area contributed by atoms with Crippen molar-refractivity contribution in [2.75, 3.05) is 31.0 Å². The molecule has 32 heavy (non-hydrogen) atoms. The summed E-state index contributed by atoms with van der Waals surface area (Å²) in [6.45, 7) is 0.866. The third-order valence-electron chi connectivity index (χ3n) is 3.46. The van der Waals surface area contributed by atoms with Gasteiger partial charge in [-0.05, 0) is 36.4 Å². The number of ether oxygens (including phenoxy) is 1. The van der Waals surface area contributed by atoms with Crippen LogP contribution in [0.15, 0.2) is 54.6 Å². The average molecular weight is 471 g/mol. The first-order chi connectivity index (χ1) is 15.1. The maximum absolute atomic E-state index is 11.8. The minimum atomic E-state index is -3.63. The number of aliphatic hydroxyl groups is 1. The second kappa shape index (κ2) is 13.8. The average Bonchev–Trinajstić information content (AvgIpc) is 2.74. The number of benzene rings is 2. The second-order valence-electron chi connectivity index (χ2n) is 6.14. The van der Waals surface area contributed by atoms with Gasteiger partial charge in [-0.15, -0.1) is 0 Å². The van der Waals surface area contributed by atoms with Gasteiger partial charge < -0.3 is 30.5 Å². The third-order valence-corrected chi connectivity index (χ3v) is 4.55. The molecule has 0 heterocycles. The number of carbonyl (C=O) groups is 2. The largest absolute Gasteiger partial charge is 0.508 e. The van der Waals surface area contributed by atoms with E-state index in [2.05, 4.69) is 14.8 Å². The van der Waals surface area contributed by atoms with E-state index in [1.165, 1.54) is 12.1 Å². The molecule has 7 N–H and O–H groups in total. The number of phenols is 1. The summed E-state index contributed by atoms with van der Waals surface area (Å²) in [5.41, 5.74) is 0.481. The van der Waals surface area contributed by atoms with E-state index in [1.807, 2.05) is 0 Å². The Hall–Kier alpha value is -3.39. The van der Waals surface area contributed by atoms with Crippen molar-refractivity contribution in [2.24, 2.45) is 0 Å². The summed E-state index contributed by atoms with van der Waals surface area (Å²) in [4.78, 5) is 18.2. The molecular weight excluding hydrogens is 446 g/mol. The van der Waals surface area contributed by atoms with Gasteiger partial charge in [0.1, 0.15) is 24.2 Å². The molecule has 0 saturated carbocycles. The number of aliphatic hydroxyl groups excluding tert-OH is 1. The van der Waals surface area contributed by atoms with Crippen LogP contribution in [0.25, 0.3) is 0 Å². The number of aromatic hydroxyl groups is 1. The highest BCUT2D eigenvalue weighted by Gasteiger charge is 2.09. The normalized spacial score (nSPS) is 11.5. The molecule has 12 nitrogen and oxygen atoms in total. The van der Waals surface area contributed by atoms with E-state index in [0.717, 1.165) is 0 Å². The molecule has 13 heteroatoms. The Labute approximate surface area is 184 Å². The van der Waals surface area contributed by atoms with Gasteiger partial charge in [0.25, 0.3) is 10.2 Å². The molecule has 1 atom stereocenters. The van der Waals surface area contributed by atoms with Crippen LogP contribution in [0.4, 0.5) is 5.69 Å². The molecule has 0 fully saturated rings. The summed E-state index contributed by atoms with van der Waals surface area (Å²) in [7, 11) is -3.63. The maximum Gasteiger partial charge on any atom is 0.414 e. The van der Waals surface area contributed by atoms with E-state index in [1.54, 1.807) is 42.5 Å². The Morgan fingerprint density at radius 2 is 1.53 bits per heavy atom. The fourth-order valence-corrected chi connectivity index (χ4v) is 2.92. The maximum atomic E-state index is 11.8. The fraction of sp³-hybridized carbons (Fsp3) is 0.263. The summed E-state index contributed by atoms with van der Waals surface area (Å²) in [6.07, 6.45) is -0.747. The molecule has 0 aromatic heterocycles. The number of para-hydroxylation sites is 1. The Morgan fingerprint density at radius 1 is 0.938 bits per heavy atom. The van der Waals surface area contributed by atoms with Crippen molar-refractivity contribution in [1.29, 1.82) is 0 Å². The summed E-state index contributed by atoms with van der Waals surface area (Å²) in [5, 5.41) is 36.7. The lowest BCUT2D eigenvalue weighted by Crippen LogP contribution is -2.38. The number of carboxylic acid groups (broad SMARTS) is 2. The molecule has 176 valence electrons. The first-order valence-electron chi connectivity index (χ1n) is 9.18. The number of nitrogens with one attached hydrogen (secondary N) is 3. The molecule has 2 aromatic carbocycles. The van der Waals surface area contributed by atoms with Crippen molar-refractivity contribution in [3.8, 4) is 11.5 Å². The van der Waals surface area contributed by atoms with Gasteiger partial charge in [-0.1, -0.05) is 18.2 Å². The van der Waals surface area contributed by atoms with Crippen molar-refractivity contribution < 1.29 is 43.2 Å². The van der Waals surface area contributed by atoms with Gasteiger partial charge in [0.05, 0.1) is 0 Å². The molecule has 0 amide bonds. The van der Waals surface area contributed by atoms with Crippen LogP contribution in [-0.2, 0) is 19.8 Å². The quantitative estimate of drug-likeness (QED) is 0.171. The predicted molar refractivity (Wildman–Crippen MR) is 115 cm³/mol.